The quantitative estimate of drug-likeness (QED) is 0.425. The number of benzene rings is 2. The van der Waals surface area contributed by atoms with E-state index in [-0.39, 0.29) is 24.8 Å². The molecule has 0 bridgehead atoms. The number of hydrogen-bond acceptors (Lipinski definition) is 8. The second-order valence-corrected chi connectivity index (χ2v) is 9.10. The van der Waals surface area contributed by atoms with Gasteiger partial charge in [-0.25, -0.2) is 9.97 Å². The molecule has 0 saturated carbocycles. The van der Waals surface area contributed by atoms with Crippen molar-refractivity contribution in [2.75, 3.05) is 38.1 Å². The van der Waals surface area contributed by atoms with E-state index in [2.05, 4.69) is 77.9 Å². The number of likely N-dealkylation sites (N-methyl/N-ethyl adjacent to an activating group) is 1. The molecule has 1 aromatic heterocycles. The van der Waals surface area contributed by atoms with Crippen LogP contribution in [-0.2, 0) is 19.8 Å². The van der Waals surface area contributed by atoms with Gasteiger partial charge < -0.3 is 25.1 Å². The first-order chi connectivity index (χ1) is 18.2. The highest BCUT2D eigenvalue weighted by molar-refractivity contribution is 6.06. The summed E-state index contributed by atoms with van der Waals surface area (Å²) in [7, 11) is 2.16. The second-order valence-electron chi connectivity index (χ2n) is 9.10. The highest BCUT2D eigenvalue weighted by Gasteiger charge is 2.33. The number of nitrogens with zero attached hydrogens (tertiary/aromatic N) is 5. The Balaban J connectivity index is 0.000000499. The van der Waals surface area contributed by atoms with Gasteiger partial charge in [0.25, 0.3) is 19.4 Å². The number of piperazine rings is 1. The summed E-state index contributed by atoms with van der Waals surface area (Å²) in [6.07, 6.45) is 3.90. The monoisotopic (exact) mass is 523 g/mol. The predicted octanol–water partition coefficient (Wildman–Crippen LogP) is 3.53. The Hall–Kier alpha value is -4.38. The molecule has 0 unspecified atom stereocenters. The molecule has 0 atom stereocenters. The van der Waals surface area contributed by atoms with Crippen molar-refractivity contribution in [3.05, 3.63) is 48.3 Å². The fraction of sp³-hybridized carbons (Fsp3) is 0.333. The first-order valence-corrected chi connectivity index (χ1v) is 11.8. The van der Waals surface area contributed by atoms with E-state index in [1.54, 1.807) is 0 Å². The summed E-state index contributed by atoms with van der Waals surface area (Å²) in [5.41, 5.74) is 5.79. The van der Waals surface area contributed by atoms with Crippen molar-refractivity contribution >= 4 is 47.5 Å². The largest absolute Gasteiger partial charge is 0.483 e. The lowest BCUT2D eigenvalue weighted by molar-refractivity contribution is -0.123. The summed E-state index contributed by atoms with van der Waals surface area (Å²) in [6.45, 7) is 9.97. The molecule has 0 aliphatic carbocycles. The van der Waals surface area contributed by atoms with E-state index in [0.29, 0.717) is 0 Å². The predicted molar refractivity (Wildman–Crippen MR) is 147 cm³/mol. The van der Waals surface area contributed by atoms with Crippen molar-refractivity contribution in [3.63, 3.8) is 0 Å². The van der Waals surface area contributed by atoms with Crippen LogP contribution in [0, 0.1) is 0 Å². The van der Waals surface area contributed by atoms with Crippen LogP contribution in [-0.4, -0.2) is 88.5 Å². The van der Waals surface area contributed by atoms with Crippen LogP contribution in [0.25, 0.3) is 21.9 Å². The molecule has 202 valence electrons. The number of fused-ring (bicyclic) bond motifs is 3. The summed E-state index contributed by atoms with van der Waals surface area (Å²) >= 11 is 0. The van der Waals surface area contributed by atoms with Crippen LogP contribution in [0.4, 0.5) is 11.6 Å². The molecule has 5 rings (SSSR count). The maximum atomic E-state index is 8.36. The van der Waals surface area contributed by atoms with E-state index in [9.17, 15) is 0 Å². The van der Waals surface area contributed by atoms with Gasteiger partial charge in [-0.2, -0.15) is 0 Å². The average Bonchev–Trinajstić information content (AvgIpc) is 3.14. The van der Waals surface area contributed by atoms with Crippen LogP contribution in [0.2, 0.25) is 0 Å². The molecule has 0 radical (unpaired) electrons. The van der Waals surface area contributed by atoms with Crippen molar-refractivity contribution in [1.82, 2.24) is 14.9 Å². The molecule has 2 aromatic carbocycles. The molecule has 2 aliphatic heterocycles. The zero-order chi connectivity index (χ0) is 28.3. The SMILES string of the molecule is CC1=Nc2ccc3cc(-c4cnc(N5CCN(C)CC5)nc4)ccc3c2C1(C)C.O=CO.O=CO.O=CO. The van der Waals surface area contributed by atoms with Crippen molar-refractivity contribution in [1.29, 1.82) is 0 Å². The number of anilines is 1. The first kappa shape index (κ1) is 29.8. The van der Waals surface area contributed by atoms with Gasteiger partial charge in [0.15, 0.2) is 0 Å². The third-order valence-corrected chi connectivity index (χ3v) is 6.57. The maximum Gasteiger partial charge on any atom is 0.290 e. The Labute approximate surface area is 221 Å². The maximum absolute atomic E-state index is 8.36. The topological polar surface area (TPSA) is 157 Å². The molecule has 0 spiro atoms. The van der Waals surface area contributed by atoms with E-state index < -0.39 is 0 Å². The average molecular weight is 524 g/mol. The molecule has 0 amide bonds. The lowest BCUT2D eigenvalue weighted by atomic mass is 9.79. The van der Waals surface area contributed by atoms with Gasteiger partial charge in [0.1, 0.15) is 0 Å². The standard InChI is InChI=1S/C24H27N5.3CH2O2/c1-16-24(2,3)22-20-7-5-17(13-18(20)6-8-21(22)27-16)19-14-25-23(26-15-19)29-11-9-28(4)10-12-29;3*2-1-3/h5-8,13-15H,9-12H2,1-4H3;3*1H,(H,2,3). The van der Waals surface area contributed by atoms with Gasteiger partial charge in [0.05, 0.1) is 5.69 Å². The summed E-state index contributed by atoms with van der Waals surface area (Å²) < 4.78 is 0. The highest BCUT2D eigenvalue weighted by atomic mass is 16.4. The Morgan fingerprint density at radius 3 is 1.95 bits per heavy atom. The molecule has 3 N–H and O–H groups in total. The smallest absolute Gasteiger partial charge is 0.290 e. The fourth-order valence-electron chi connectivity index (χ4n) is 4.39. The number of rotatable bonds is 2. The van der Waals surface area contributed by atoms with E-state index in [0.717, 1.165) is 48.9 Å². The van der Waals surface area contributed by atoms with Crippen LogP contribution >= 0.6 is 0 Å². The van der Waals surface area contributed by atoms with Crippen LogP contribution in [0.5, 0.6) is 0 Å². The Morgan fingerprint density at radius 1 is 0.842 bits per heavy atom. The first-order valence-electron chi connectivity index (χ1n) is 11.8. The van der Waals surface area contributed by atoms with Gasteiger partial charge in [-0.3, -0.25) is 19.4 Å². The molecule has 11 nitrogen and oxygen atoms in total. The zero-order valence-corrected chi connectivity index (χ0v) is 21.9. The van der Waals surface area contributed by atoms with Crippen LogP contribution in [0.3, 0.4) is 0 Å². The lowest BCUT2D eigenvalue weighted by Gasteiger charge is -2.32. The Bertz CT molecular complexity index is 1250. The third-order valence-electron chi connectivity index (χ3n) is 6.57. The molecule has 3 aromatic rings. The van der Waals surface area contributed by atoms with Gasteiger partial charge in [0.2, 0.25) is 5.95 Å². The molecule has 3 heterocycles. The minimum absolute atomic E-state index is 0.0242. The minimum Gasteiger partial charge on any atom is -0.483 e. The number of carboxylic acid groups (broad SMARTS) is 3. The van der Waals surface area contributed by atoms with E-state index in [4.69, 9.17) is 34.7 Å². The van der Waals surface area contributed by atoms with E-state index >= 15 is 0 Å². The molecule has 1 saturated heterocycles. The molecule has 1 fully saturated rings. The molecular weight excluding hydrogens is 490 g/mol. The van der Waals surface area contributed by atoms with Gasteiger partial charge in [-0.15, -0.1) is 0 Å². The minimum atomic E-state index is -0.250. The van der Waals surface area contributed by atoms with Crippen molar-refractivity contribution in [2.45, 2.75) is 26.2 Å². The van der Waals surface area contributed by atoms with Gasteiger partial charge in [0, 0.05) is 55.3 Å². The second kappa shape index (κ2) is 13.8. The molecule has 2 aliphatic rings. The molecule has 11 heteroatoms. The van der Waals surface area contributed by atoms with Gasteiger partial charge in [-0.05, 0) is 48.0 Å². The normalized spacial score (nSPS) is 15.3. The van der Waals surface area contributed by atoms with E-state index in [1.807, 2.05) is 12.4 Å². The number of aromatic nitrogens is 2. The molecular formula is C27H33N5O6. The number of aliphatic imine (C=N–C) groups is 1. The molecule has 38 heavy (non-hydrogen) atoms. The summed E-state index contributed by atoms with van der Waals surface area (Å²) in [5.74, 6) is 0.829. The third kappa shape index (κ3) is 6.88. The highest BCUT2D eigenvalue weighted by Crippen LogP contribution is 2.44. The zero-order valence-electron chi connectivity index (χ0n) is 21.9. The van der Waals surface area contributed by atoms with Crippen molar-refractivity contribution < 1.29 is 29.7 Å². The summed E-state index contributed by atoms with van der Waals surface area (Å²) in [6, 6.07) is 11.0. The lowest BCUT2D eigenvalue weighted by Crippen LogP contribution is -2.45. The summed E-state index contributed by atoms with van der Waals surface area (Å²) in [4.78, 5) is 43.8. The Kier molecular flexibility index (Phi) is 10.8. The van der Waals surface area contributed by atoms with Crippen molar-refractivity contribution in [3.8, 4) is 11.1 Å². The fourth-order valence-corrected chi connectivity index (χ4v) is 4.39. The van der Waals surface area contributed by atoms with Gasteiger partial charge in [-0.1, -0.05) is 32.0 Å². The Morgan fingerprint density at radius 2 is 1.39 bits per heavy atom. The van der Waals surface area contributed by atoms with Crippen LogP contribution in [0.1, 0.15) is 26.3 Å². The summed E-state index contributed by atoms with van der Waals surface area (Å²) in [5, 5.41) is 23.2. The van der Waals surface area contributed by atoms with E-state index in [1.165, 1.54) is 22.0 Å². The van der Waals surface area contributed by atoms with Crippen LogP contribution < -0.4 is 4.90 Å². The van der Waals surface area contributed by atoms with Crippen LogP contribution in [0.15, 0.2) is 47.7 Å². The number of hydrogen-bond donors (Lipinski definition) is 3. The number of carbonyl (C=O) groups is 3. The van der Waals surface area contributed by atoms with Gasteiger partial charge >= 0.3 is 0 Å². The van der Waals surface area contributed by atoms with Crippen molar-refractivity contribution in [2.24, 2.45) is 4.99 Å².